The third-order valence-electron chi connectivity index (χ3n) is 5.45. The van der Waals surface area contributed by atoms with Gasteiger partial charge in [-0.05, 0) is 35.9 Å². The molecule has 5 rings (SSSR count). The van der Waals surface area contributed by atoms with Crippen molar-refractivity contribution in [2.24, 2.45) is 0 Å². The van der Waals surface area contributed by atoms with Crippen LogP contribution in [0, 0.1) is 0 Å². The molecule has 2 aromatic rings. The van der Waals surface area contributed by atoms with Gasteiger partial charge in [0.25, 0.3) is 11.8 Å². The average molecular weight is 422 g/mol. The van der Waals surface area contributed by atoms with E-state index in [4.69, 9.17) is 18.9 Å². The number of nitrogens with zero attached hydrogens (tertiary/aromatic N) is 2. The zero-order valence-electron chi connectivity index (χ0n) is 16.9. The number of ether oxygens (including phenoxy) is 4. The van der Waals surface area contributed by atoms with Gasteiger partial charge in [-0.1, -0.05) is 18.2 Å². The summed E-state index contributed by atoms with van der Waals surface area (Å²) in [5, 5.41) is 0. The topological polar surface area (TPSA) is 77.5 Å². The highest BCUT2D eigenvalue weighted by molar-refractivity contribution is 6.05. The molecule has 3 aliphatic rings. The summed E-state index contributed by atoms with van der Waals surface area (Å²) in [6.07, 6.45) is 2.47. The van der Waals surface area contributed by atoms with Crippen LogP contribution < -0.4 is 19.1 Å². The number of rotatable bonds is 3. The van der Waals surface area contributed by atoms with E-state index >= 15 is 0 Å². The van der Waals surface area contributed by atoms with Crippen LogP contribution in [0.5, 0.6) is 17.2 Å². The number of carbonyl (C=O) groups excluding carboxylic acids is 2. The number of morpholine rings is 1. The van der Waals surface area contributed by atoms with Crippen molar-refractivity contribution < 1.29 is 28.5 Å². The molecule has 31 heavy (non-hydrogen) atoms. The summed E-state index contributed by atoms with van der Waals surface area (Å²) in [4.78, 5) is 29.4. The van der Waals surface area contributed by atoms with Crippen LogP contribution in [0.3, 0.4) is 0 Å². The second-order valence-corrected chi connectivity index (χ2v) is 7.41. The summed E-state index contributed by atoms with van der Waals surface area (Å²) >= 11 is 0. The Bertz CT molecular complexity index is 1030. The maximum Gasteiger partial charge on any atom is 0.265 e. The zero-order valence-corrected chi connectivity index (χ0v) is 16.9. The van der Waals surface area contributed by atoms with Gasteiger partial charge in [0, 0.05) is 19.2 Å². The van der Waals surface area contributed by atoms with Crippen molar-refractivity contribution in [3.8, 4) is 17.2 Å². The van der Waals surface area contributed by atoms with Gasteiger partial charge in [-0.2, -0.15) is 0 Å². The van der Waals surface area contributed by atoms with Crippen molar-refractivity contribution in [3.05, 3.63) is 54.1 Å². The van der Waals surface area contributed by atoms with E-state index in [9.17, 15) is 9.59 Å². The van der Waals surface area contributed by atoms with Gasteiger partial charge in [0.1, 0.15) is 5.75 Å². The van der Waals surface area contributed by atoms with Gasteiger partial charge in [-0.25, -0.2) is 0 Å². The van der Waals surface area contributed by atoms with Crippen LogP contribution in [0.1, 0.15) is 5.56 Å². The molecule has 0 radical (unpaired) electrons. The standard InChI is InChI=1S/C23H22N2O6/c26-22(8-6-16-5-7-19-20(13-16)30-15-29-19)25-14-21(23(27)24-9-11-28-12-10-24)31-18-4-2-1-3-17(18)25/h1-8,13,21H,9-12,14-15H2/b8-6+. The number of hydrogen-bond acceptors (Lipinski definition) is 6. The van der Waals surface area contributed by atoms with Crippen molar-refractivity contribution >= 4 is 23.6 Å². The summed E-state index contributed by atoms with van der Waals surface area (Å²) < 4.78 is 22.0. The molecule has 8 heteroatoms. The van der Waals surface area contributed by atoms with Gasteiger partial charge >= 0.3 is 0 Å². The highest BCUT2D eigenvalue weighted by Crippen LogP contribution is 2.35. The van der Waals surface area contributed by atoms with Gasteiger partial charge in [-0.3, -0.25) is 9.59 Å². The molecule has 3 heterocycles. The van der Waals surface area contributed by atoms with E-state index in [1.165, 1.54) is 6.08 Å². The van der Waals surface area contributed by atoms with Crippen LogP contribution in [0.15, 0.2) is 48.5 Å². The molecule has 1 unspecified atom stereocenters. The van der Waals surface area contributed by atoms with E-state index in [1.54, 1.807) is 21.9 Å². The van der Waals surface area contributed by atoms with Crippen molar-refractivity contribution in [2.75, 3.05) is 44.5 Å². The third kappa shape index (κ3) is 3.94. The molecule has 1 saturated heterocycles. The number of carbonyl (C=O) groups is 2. The van der Waals surface area contributed by atoms with Gasteiger partial charge < -0.3 is 28.7 Å². The van der Waals surface area contributed by atoms with Crippen LogP contribution >= 0.6 is 0 Å². The van der Waals surface area contributed by atoms with Gasteiger partial charge in [0.05, 0.1) is 25.4 Å². The molecule has 3 aliphatic heterocycles. The first-order chi connectivity index (χ1) is 15.2. The van der Waals surface area contributed by atoms with E-state index in [-0.39, 0.29) is 25.2 Å². The van der Waals surface area contributed by atoms with E-state index in [0.717, 1.165) is 5.56 Å². The van der Waals surface area contributed by atoms with Crippen LogP contribution in [0.2, 0.25) is 0 Å². The Labute approximate surface area is 179 Å². The van der Waals surface area contributed by atoms with Gasteiger partial charge in [0.2, 0.25) is 6.79 Å². The lowest BCUT2D eigenvalue weighted by Gasteiger charge is -2.37. The van der Waals surface area contributed by atoms with E-state index < -0.39 is 6.10 Å². The second kappa shape index (κ2) is 8.31. The first kappa shape index (κ1) is 19.4. The Morgan fingerprint density at radius 2 is 1.77 bits per heavy atom. The number of amides is 2. The molecule has 1 fully saturated rings. The minimum absolute atomic E-state index is 0.129. The summed E-state index contributed by atoms with van der Waals surface area (Å²) in [5.41, 5.74) is 1.47. The smallest absolute Gasteiger partial charge is 0.265 e. The Morgan fingerprint density at radius 3 is 2.65 bits per heavy atom. The fraction of sp³-hybridized carbons (Fsp3) is 0.304. The van der Waals surface area contributed by atoms with E-state index in [1.807, 2.05) is 36.4 Å². The highest BCUT2D eigenvalue weighted by Gasteiger charge is 2.35. The first-order valence-electron chi connectivity index (χ1n) is 10.2. The zero-order chi connectivity index (χ0) is 21.2. The summed E-state index contributed by atoms with van der Waals surface area (Å²) in [6.45, 7) is 2.42. The molecule has 0 bridgehead atoms. The number of anilines is 1. The molecular weight excluding hydrogens is 400 g/mol. The molecule has 2 aromatic carbocycles. The number of hydrogen-bond donors (Lipinski definition) is 0. The molecule has 1 atom stereocenters. The highest BCUT2D eigenvalue weighted by atomic mass is 16.7. The normalized spacial score (nSPS) is 19.8. The van der Waals surface area contributed by atoms with Gasteiger partial charge in [0.15, 0.2) is 17.6 Å². The van der Waals surface area contributed by atoms with E-state index in [0.29, 0.717) is 49.2 Å². The minimum Gasteiger partial charge on any atom is -0.476 e. The molecule has 0 N–H and O–H groups in total. The van der Waals surface area contributed by atoms with Crippen molar-refractivity contribution in [1.82, 2.24) is 4.90 Å². The molecule has 8 nitrogen and oxygen atoms in total. The van der Waals surface area contributed by atoms with Crippen LogP contribution in [-0.2, 0) is 14.3 Å². The lowest BCUT2D eigenvalue weighted by atomic mass is 10.1. The predicted molar refractivity (Wildman–Crippen MR) is 112 cm³/mol. The predicted octanol–water partition coefficient (Wildman–Crippen LogP) is 2.08. The lowest BCUT2D eigenvalue weighted by molar-refractivity contribution is -0.142. The molecule has 0 spiro atoms. The summed E-state index contributed by atoms with van der Waals surface area (Å²) in [5.74, 6) is 1.51. The molecular formula is C23H22N2O6. The van der Waals surface area contributed by atoms with Crippen molar-refractivity contribution in [2.45, 2.75) is 6.10 Å². The number of fused-ring (bicyclic) bond motifs is 2. The van der Waals surface area contributed by atoms with Crippen LogP contribution in [0.4, 0.5) is 5.69 Å². The molecule has 0 aromatic heterocycles. The molecule has 2 amide bonds. The monoisotopic (exact) mass is 422 g/mol. The number of benzene rings is 2. The van der Waals surface area contributed by atoms with E-state index in [2.05, 4.69) is 0 Å². The molecule has 0 saturated carbocycles. The van der Waals surface area contributed by atoms with Crippen LogP contribution in [-0.4, -0.2) is 62.5 Å². The molecule has 160 valence electrons. The quantitative estimate of drug-likeness (QED) is 0.705. The fourth-order valence-electron chi connectivity index (χ4n) is 3.83. The second-order valence-electron chi connectivity index (χ2n) is 7.41. The Balaban J connectivity index is 1.36. The molecule has 0 aliphatic carbocycles. The summed E-state index contributed by atoms with van der Waals surface area (Å²) in [6, 6.07) is 12.7. The van der Waals surface area contributed by atoms with Gasteiger partial charge in [-0.15, -0.1) is 0 Å². The third-order valence-corrected chi connectivity index (χ3v) is 5.45. The lowest BCUT2D eigenvalue weighted by Crippen LogP contribution is -2.53. The average Bonchev–Trinajstić information content (AvgIpc) is 3.30. The van der Waals surface area contributed by atoms with Crippen LogP contribution in [0.25, 0.3) is 6.08 Å². The Hall–Kier alpha value is -3.52. The number of para-hydroxylation sites is 2. The maximum absolute atomic E-state index is 13.1. The summed E-state index contributed by atoms with van der Waals surface area (Å²) in [7, 11) is 0. The Morgan fingerprint density at radius 1 is 0.968 bits per heavy atom. The Kier molecular flexibility index (Phi) is 5.21. The minimum atomic E-state index is -0.754. The largest absolute Gasteiger partial charge is 0.476 e. The maximum atomic E-state index is 13.1. The fourth-order valence-corrected chi connectivity index (χ4v) is 3.83. The first-order valence-corrected chi connectivity index (χ1v) is 10.2. The SMILES string of the molecule is O=C(C1CN(C(=O)/C=C/c2ccc3c(c2)OCO3)c2ccccc2O1)N1CCOCC1. The van der Waals surface area contributed by atoms with Crippen molar-refractivity contribution in [1.29, 1.82) is 0 Å². The van der Waals surface area contributed by atoms with Crippen molar-refractivity contribution in [3.63, 3.8) is 0 Å².